The van der Waals surface area contributed by atoms with Crippen molar-refractivity contribution in [1.29, 1.82) is 0 Å². The first-order valence-corrected chi connectivity index (χ1v) is 10.9. The molecule has 4 aromatic rings. The molecule has 0 aliphatic rings. The van der Waals surface area contributed by atoms with Crippen molar-refractivity contribution >= 4 is 28.1 Å². The monoisotopic (exact) mass is 453 g/mol. The smallest absolute Gasteiger partial charge is 0.359 e. The Balaban J connectivity index is 1.44. The van der Waals surface area contributed by atoms with E-state index in [2.05, 4.69) is 10.1 Å². The van der Waals surface area contributed by atoms with Gasteiger partial charge < -0.3 is 9.47 Å². The first-order chi connectivity index (χ1) is 15.5. The highest BCUT2D eigenvalue weighted by Gasteiger charge is 2.18. The van der Waals surface area contributed by atoms with E-state index in [-0.39, 0.29) is 30.3 Å². The molecule has 32 heavy (non-hydrogen) atoms. The van der Waals surface area contributed by atoms with Crippen LogP contribution >= 0.6 is 11.3 Å². The lowest BCUT2D eigenvalue weighted by Crippen LogP contribution is -2.26. The van der Waals surface area contributed by atoms with Crippen molar-refractivity contribution in [2.45, 2.75) is 33.1 Å². The Hall–Kier alpha value is -3.59. The standard InChI is InChI=1S/C23H20FN3O4S/c1-2-11-27-22(28)19-6-4-3-5-18(19)21(26-27)23(29)31-12-16-14-32-20(25-16)13-30-17-9-7-15(24)8-10-17/h3-10,14H,2,11-13H2,1H3. The van der Waals surface area contributed by atoms with Crippen LogP contribution < -0.4 is 10.3 Å². The van der Waals surface area contributed by atoms with Gasteiger partial charge in [-0.3, -0.25) is 4.79 Å². The molecular formula is C23H20FN3O4S. The van der Waals surface area contributed by atoms with E-state index in [0.29, 0.717) is 40.2 Å². The number of fused-ring (bicyclic) bond motifs is 1. The van der Waals surface area contributed by atoms with E-state index in [0.717, 1.165) is 0 Å². The molecule has 164 valence electrons. The molecular weight excluding hydrogens is 433 g/mol. The quantitative estimate of drug-likeness (QED) is 0.369. The second-order valence-corrected chi connectivity index (χ2v) is 7.92. The molecule has 0 N–H and O–H groups in total. The van der Waals surface area contributed by atoms with Gasteiger partial charge in [0.2, 0.25) is 0 Å². The highest BCUT2D eigenvalue weighted by atomic mass is 32.1. The van der Waals surface area contributed by atoms with Gasteiger partial charge in [0.25, 0.3) is 5.56 Å². The van der Waals surface area contributed by atoms with E-state index in [9.17, 15) is 14.0 Å². The predicted molar refractivity (Wildman–Crippen MR) is 118 cm³/mol. The number of esters is 1. The second-order valence-electron chi connectivity index (χ2n) is 6.97. The normalized spacial score (nSPS) is 10.9. The average molecular weight is 453 g/mol. The van der Waals surface area contributed by atoms with E-state index in [4.69, 9.17) is 9.47 Å². The number of nitrogens with zero attached hydrogens (tertiary/aromatic N) is 3. The minimum Gasteiger partial charge on any atom is -0.486 e. The summed E-state index contributed by atoms with van der Waals surface area (Å²) in [5.41, 5.74) is 0.445. The molecule has 0 amide bonds. The zero-order valence-electron chi connectivity index (χ0n) is 17.3. The van der Waals surface area contributed by atoms with Crippen molar-refractivity contribution in [3.63, 3.8) is 0 Å². The third-order valence-electron chi connectivity index (χ3n) is 4.62. The first-order valence-electron chi connectivity index (χ1n) is 10.0. The summed E-state index contributed by atoms with van der Waals surface area (Å²) in [7, 11) is 0. The number of ether oxygens (including phenoxy) is 2. The van der Waals surface area contributed by atoms with Crippen LogP contribution in [0.3, 0.4) is 0 Å². The van der Waals surface area contributed by atoms with E-state index in [1.807, 2.05) is 6.92 Å². The van der Waals surface area contributed by atoms with E-state index in [1.165, 1.54) is 28.2 Å². The number of benzene rings is 2. The first kappa shape index (κ1) is 21.6. The molecule has 9 heteroatoms. The lowest BCUT2D eigenvalue weighted by molar-refractivity contribution is 0.0460. The Bertz CT molecular complexity index is 1300. The van der Waals surface area contributed by atoms with E-state index >= 15 is 0 Å². The van der Waals surface area contributed by atoms with Crippen LogP contribution in [0.1, 0.15) is 34.5 Å². The van der Waals surface area contributed by atoms with Gasteiger partial charge in [0.05, 0.1) is 11.1 Å². The number of halogens is 1. The van der Waals surface area contributed by atoms with Crippen molar-refractivity contribution < 1.29 is 18.7 Å². The number of aryl methyl sites for hydroxylation is 1. The number of thiazole rings is 1. The lowest BCUT2D eigenvalue weighted by atomic mass is 10.1. The molecule has 4 rings (SSSR count). The van der Waals surface area contributed by atoms with Crippen LogP contribution in [-0.2, 0) is 24.5 Å². The van der Waals surface area contributed by atoms with Crippen molar-refractivity contribution in [3.8, 4) is 5.75 Å². The van der Waals surface area contributed by atoms with Gasteiger partial charge >= 0.3 is 5.97 Å². The fourth-order valence-electron chi connectivity index (χ4n) is 3.11. The molecule has 0 aliphatic heterocycles. The zero-order valence-corrected chi connectivity index (χ0v) is 18.1. The summed E-state index contributed by atoms with van der Waals surface area (Å²) >= 11 is 1.37. The average Bonchev–Trinajstić information content (AvgIpc) is 3.27. The summed E-state index contributed by atoms with van der Waals surface area (Å²) < 4.78 is 25.3. The number of hydrogen-bond donors (Lipinski definition) is 0. The molecule has 0 spiro atoms. The number of hydrogen-bond acceptors (Lipinski definition) is 7. The van der Waals surface area contributed by atoms with Crippen molar-refractivity contribution in [2.75, 3.05) is 0 Å². The van der Waals surface area contributed by atoms with Gasteiger partial charge in [-0.2, -0.15) is 5.10 Å². The largest absolute Gasteiger partial charge is 0.486 e. The van der Waals surface area contributed by atoms with Gasteiger partial charge in [-0.25, -0.2) is 18.9 Å². The number of aromatic nitrogens is 3. The molecule has 0 atom stereocenters. The summed E-state index contributed by atoms with van der Waals surface area (Å²) in [6.07, 6.45) is 0.710. The minimum absolute atomic E-state index is 0.0329. The van der Waals surface area contributed by atoms with Gasteiger partial charge in [-0.15, -0.1) is 11.3 Å². The summed E-state index contributed by atoms with van der Waals surface area (Å²) in [4.78, 5) is 29.7. The summed E-state index contributed by atoms with van der Waals surface area (Å²) in [6, 6.07) is 12.6. The van der Waals surface area contributed by atoms with Crippen LogP contribution in [0.4, 0.5) is 4.39 Å². The van der Waals surface area contributed by atoms with Crippen LogP contribution in [0.5, 0.6) is 5.75 Å². The highest BCUT2D eigenvalue weighted by Crippen LogP contribution is 2.18. The van der Waals surface area contributed by atoms with E-state index < -0.39 is 5.97 Å². The molecule has 2 heterocycles. The van der Waals surface area contributed by atoms with Gasteiger partial charge in [0, 0.05) is 17.3 Å². The SMILES string of the molecule is CCCn1nc(C(=O)OCc2csc(COc3ccc(F)cc3)n2)c2ccccc2c1=O. The third kappa shape index (κ3) is 4.83. The van der Waals surface area contributed by atoms with Gasteiger partial charge in [-0.05, 0) is 36.8 Å². The number of carbonyl (C=O) groups is 1. The van der Waals surface area contributed by atoms with Crippen molar-refractivity contribution in [2.24, 2.45) is 0 Å². The third-order valence-corrected chi connectivity index (χ3v) is 5.49. The predicted octanol–water partition coefficient (Wildman–Crippen LogP) is 4.34. The maximum Gasteiger partial charge on any atom is 0.359 e. The maximum atomic E-state index is 13.0. The molecule has 7 nitrogen and oxygen atoms in total. The van der Waals surface area contributed by atoms with Gasteiger partial charge in [0.15, 0.2) is 5.69 Å². The van der Waals surface area contributed by atoms with Gasteiger partial charge in [0.1, 0.15) is 29.8 Å². The lowest BCUT2D eigenvalue weighted by Gasteiger charge is -2.10. The molecule has 0 aliphatic carbocycles. The molecule has 0 unspecified atom stereocenters. The summed E-state index contributed by atoms with van der Waals surface area (Å²) in [5, 5.41) is 7.60. The Labute approximate surface area is 187 Å². The highest BCUT2D eigenvalue weighted by molar-refractivity contribution is 7.09. The Morgan fingerprint density at radius 3 is 2.59 bits per heavy atom. The van der Waals surface area contributed by atoms with Gasteiger partial charge in [-0.1, -0.05) is 25.1 Å². The molecule has 0 bridgehead atoms. The minimum atomic E-state index is -0.622. The Morgan fingerprint density at radius 2 is 1.84 bits per heavy atom. The second kappa shape index (κ2) is 9.69. The molecule has 2 aromatic carbocycles. The van der Waals surface area contributed by atoms with Crippen LogP contribution in [0.15, 0.2) is 58.7 Å². The van der Waals surface area contributed by atoms with Crippen LogP contribution in [-0.4, -0.2) is 20.7 Å². The van der Waals surface area contributed by atoms with Crippen LogP contribution in [0.25, 0.3) is 10.8 Å². The van der Waals surface area contributed by atoms with E-state index in [1.54, 1.807) is 41.8 Å². The van der Waals surface area contributed by atoms with Crippen molar-refractivity contribution in [3.05, 3.63) is 86.5 Å². The fraction of sp³-hybridized carbons (Fsp3) is 0.217. The molecule has 0 saturated carbocycles. The maximum absolute atomic E-state index is 13.0. The Morgan fingerprint density at radius 1 is 1.09 bits per heavy atom. The van der Waals surface area contributed by atoms with Crippen molar-refractivity contribution in [1.82, 2.24) is 14.8 Å². The zero-order chi connectivity index (χ0) is 22.5. The fourth-order valence-corrected chi connectivity index (χ4v) is 3.80. The molecule has 0 saturated heterocycles. The van der Waals surface area contributed by atoms with Crippen LogP contribution in [0, 0.1) is 5.82 Å². The number of carbonyl (C=O) groups excluding carboxylic acids is 1. The summed E-state index contributed by atoms with van der Waals surface area (Å²) in [6.45, 7) is 2.53. The summed E-state index contributed by atoms with van der Waals surface area (Å²) in [5.74, 6) is -0.416. The topological polar surface area (TPSA) is 83.3 Å². The number of rotatable bonds is 8. The Kier molecular flexibility index (Phi) is 6.55. The van der Waals surface area contributed by atoms with Crippen LogP contribution in [0.2, 0.25) is 0 Å². The molecule has 0 fully saturated rings. The molecule has 0 radical (unpaired) electrons. The molecule has 2 aromatic heterocycles.